The Labute approximate surface area is 153 Å². The van der Waals surface area contributed by atoms with Gasteiger partial charge in [0, 0.05) is 32.2 Å². The Balaban J connectivity index is 1.46. The molecular weight excluding hydrogens is 378 g/mol. The van der Waals surface area contributed by atoms with Gasteiger partial charge in [0.1, 0.15) is 4.21 Å². The molecule has 4 heterocycles. The highest BCUT2D eigenvalue weighted by Crippen LogP contribution is 2.32. The fraction of sp³-hybridized carbons (Fsp3) is 0.250. The van der Waals surface area contributed by atoms with E-state index < -0.39 is 10.0 Å². The molecule has 0 atom stereocenters. The number of sulfonamides is 1. The standard InChI is InChI=1S/C16H15N3O5S2/c20-16(13-2-1-11-23-13)18-7-9-19(10-8-18)26(21,22)15-4-3-14(25-15)12-5-6-17-24-12/h1-6,11H,7-10H2. The molecule has 0 unspecified atom stereocenters. The van der Waals surface area contributed by atoms with E-state index in [-0.39, 0.29) is 29.0 Å². The van der Waals surface area contributed by atoms with Crippen LogP contribution in [0, 0.1) is 0 Å². The molecule has 3 aromatic heterocycles. The summed E-state index contributed by atoms with van der Waals surface area (Å²) >= 11 is 1.14. The number of nitrogens with zero attached hydrogens (tertiary/aromatic N) is 3. The fourth-order valence-electron chi connectivity index (χ4n) is 2.75. The van der Waals surface area contributed by atoms with E-state index in [0.29, 0.717) is 23.7 Å². The molecule has 0 radical (unpaired) electrons. The molecular formula is C16H15N3O5S2. The highest BCUT2D eigenvalue weighted by molar-refractivity contribution is 7.91. The molecule has 0 bridgehead atoms. The van der Waals surface area contributed by atoms with Crippen LogP contribution in [0.15, 0.2) is 55.9 Å². The van der Waals surface area contributed by atoms with Crippen LogP contribution in [0.2, 0.25) is 0 Å². The summed E-state index contributed by atoms with van der Waals surface area (Å²) < 4.78 is 37.5. The number of thiophene rings is 1. The summed E-state index contributed by atoms with van der Waals surface area (Å²) in [5, 5.41) is 3.63. The van der Waals surface area contributed by atoms with Gasteiger partial charge >= 0.3 is 0 Å². The van der Waals surface area contributed by atoms with Crippen molar-refractivity contribution in [2.45, 2.75) is 4.21 Å². The lowest BCUT2D eigenvalue weighted by Crippen LogP contribution is -2.50. The predicted molar refractivity (Wildman–Crippen MR) is 93.2 cm³/mol. The van der Waals surface area contributed by atoms with Crippen LogP contribution in [0.5, 0.6) is 0 Å². The number of carbonyl (C=O) groups is 1. The Morgan fingerprint density at radius 1 is 1.12 bits per heavy atom. The first-order valence-corrected chi connectivity index (χ1v) is 10.2. The lowest BCUT2D eigenvalue weighted by molar-refractivity contribution is 0.0666. The van der Waals surface area contributed by atoms with Crippen LogP contribution in [0.1, 0.15) is 10.6 Å². The zero-order valence-corrected chi connectivity index (χ0v) is 15.2. The number of carbonyl (C=O) groups excluding carboxylic acids is 1. The number of amides is 1. The van der Waals surface area contributed by atoms with E-state index >= 15 is 0 Å². The van der Waals surface area contributed by atoms with Crippen molar-refractivity contribution in [3.05, 3.63) is 48.6 Å². The van der Waals surface area contributed by atoms with E-state index in [1.165, 1.54) is 16.8 Å². The first-order valence-electron chi connectivity index (χ1n) is 7.89. The molecule has 0 spiro atoms. The Hall–Kier alpha value is -2.43. The summed E-state index contributed by atoms with van der Waals surface area (Å²) in [4.78, 5) is 14.6. The molecule has 4 rings (SSSR count). The van der Waals surface area contributed by atoms with Crippen LogP contribution in [0.4, 0.5) is 0 Å². The minimum absolute atomic E-state index is 0.226. The van der Waals surface area contributed by atoms with E-state index in [1.807, 2.05) is 0 Å². The van der Waals surface area contributed by atoms with Crippen LogP contribution in [0.3, 0.4) is 0 Å². The van der Waals surface area contributed by atoms with Crippen molar-refractivity contribution in [1.82, 2.24) is 14.4 Å². The van der Waals surface area contributed by atoms with Crippen molar-refractivity contribution in [3.8, 4) is 10.6 Å². The van der Waals surface area contributed by atoms with Gasteiger partial charge in [-0.25, -0.2) is 8.42 Å². The number of furan rings is 1. The minimum Gasteiger partial charge on any atom is -0.459 e. The van der Waals surface area contributed by atoms with E-state index in [4.69, 9.17) is 8.94 Å². The summed E-state index contributed by atoms with van der Waals surface area (Å²) in [5.41, 5.74) is 0. The number of hydrogen-bond acceptors (Lipinski definition) is 7. The van der Waals surface area contributed by atoms with Crippen LogP contribution < -0.4 is 0 Å². The van der Waals surface area contributed by atoms with Gasteiger partial charge in [-0.05, 0) is 24.3 Å². The number of hydrogen-bond donors (Lipinski definition) is 0. The molecule has 0 saturated carbocycles. The third-order valence-electron chi connectivity index (χ3n) is 4.11. The Morgan fingerprint density at radius 2 is 1.92 bits per heavy atom. The fourth-order valence-corrected chi connectivity index (χ4v) is 5.59. The van der Waals surface area contributed by atoms with Gasteiger partial charge in [0.05, 0.1) is 17.3 Å². The zero-order valence-electron chi connectivity index (χ0n) is 13.6. The van der Waals surface area contributed by atoms with Crippen LogP contribution >= 0.6 is 11.3 Å². The molecule has 3 aromatic rings. The van der Waals surface area contributed by atoms with Crippen molar-refractivity contribution in [3.63, 3.8) is 0 Å². The molecule has 136 valence electrons. The van der Waals surface area contributed by atoms with E-state index in [1.54, 1.807) is 35.2 Å². The van der Waals surface area contributed by atoms with Gasteiger partial charge in [-0.1, -0.05) is 5.16 Å². The van der Waals surface area contributed by atoms with E-state index in [0.717, 1.165) is 11.3 Å². The quantitative estimate of drug-likeness (QED) is 0.674. The second-order valence-corrected chi connectivity index (χ2v) is 8.92. The molecule has 0 aromatic carbocycles. The largest absolute Gasteiger partial charge is 0.459 e. The maximum atomic E-state index is 12.8. The first kappa shape index (κ1) is 17.0. The maximum Gasteiger partial charge on any atom is 0.289 e. The third-order valence-corrected chi connectivity index (χ3v) is 7.58. The minimum atomic E-state index is -3.61. The normalized spacial score (nSPS) is 16.1. The molecule has 8 nitrogen and oxygen atoms in total. The molecule has 1 saturated heterocycles. The van der Waals surface area contributed by atoms with Crippen molar-refractivity contribution in [1.29, 1.82) is 0 Å². The highest BCUT2D eigenvalue weighted by Gasteiger charge is 2.32. The topological polar surface area (TPSA) is 96.9 Å². The SMILES string of the molecule is O=C(c1ccco1)N1CCN(S(=O)(=O)c2ccc(-c3ccno3)s2)CC1. The maximum absolute atomic E-state index is 12.8. The average molecular weight is 393 g/mol. The smallest absolute Gasteiger partial charge is 0.289 e. The molecule has 1 fully saturated rings. The van der Waals surface area contributed by atoms with Crippen molar-refractivity contribution in [2.24, 2.45) is 0 Å². The van der Waals surface area contributed by atoms with E-state index in [2.05, 4.69) is 5.16 Å². The lowest BCUT2D eigenvalue weighted by Gasteiger charge is -2.33. The number of rotatable bonds is 4. The van der Waals surface area contributed by atoms with Gasteiger partial charge < -0.3 is 13.8 Å². The monoisotopic (exact) mass is 393 g/mol. The van der Waals surface area contributed by atoms with Gasteiger partial charge in [-0.3, -0.25) is 4.79 Å². The lowest BCUT2D eigenvalue weighted by atomic mass is 10.3. The van der Waals surface area contributed by atoms with Gasteiger partial charge in [-0.15, -0.1) is 11.3 Å². The summed E-state index contributed by atoms with van der Waals surface area (Å²) in [6.45, 7) is 1.12. The third kappa shape index (κ3) is 3.06. The first-order chi connectivity index (χ1) is 12.6. The van der Waals surface area contributed by atoms with Crippen molar-refractivity contribution in [2.75, 3.05) is 26.2 Å². The number of aromatic nitrogens is 1. The molecule has 26 heavy (non-hydrogen) atoms. The number of piperazine rings is 1. The average Bonchev–Trinajstić information content (AvgIpc) is 3.43. The molecule has 0 N–H and O–H groups in total. The van der Waals surface area contributed by atoms with Gasteiger partial charge in [0.2, 0.25) is 0 Å². The molecule has 0 aliphatic carbocycles. The summed E-state index contributed by atoms with van der Waals surface area (Å²) in [5.74, 6) is 0.567. The Bertz CT molecular complexity index is 985. The highest BCUT2D eigenvalue weighted by atomic mass is 32.2. The second kappa shape index (κ2) is 6.71. The second-order valence-electron chi connectivity index (χ2n) is 5.67. The molecule has 1 aliphatic rings. The Kier molecular flexibility index (Phi) is 4.39. The van der Waals surface area contributed by atoms with Gasteiger partial charge in [0.15, 0.2) is 11.5 Å². The summed E-state index contributed by atoms with van der Waals surface area (Å²) in [7, 11) is -3.61. The van der Waals surface area contributed by atoms with Crippen LogP contribution in [-0.4, -0.2) is 54.9 Å². The van der Waals surface area contributed by atoms with Crippen LogP contribution in [0.25, 0.3) is 10.6 Å². The summed E-state index contributed by atoms with van der Waals surface area (Å²) in [6, 6.07) is 8.20. The molecule has 10 heteroatoms. The predicted octanol–water partition coefficient (Wildman–Crippen LogP) is 2.14. The van der Waals surface area contributed by atoms with Gasteiger partial charge in [0.25, 0.3) is 15.9 Å². The summed E-state index contributed by atoms with van der Waals surface area (Å²) in [6.07, 6.45) is 2.95. The van der Waals surface area contributed by atoms with E-state index in [9.17, 15) is 13.2 Å². The molecule has 1 amide bonds. The molecule has 1 aliphatic heterocycles. The van der Waals surface area contributed by atoms with Crippen molar-refractivity contribution >= 4 is 27.3 Å². The van der Waals surface area contributed by atoms with Crippen LogP contribution in [-0.2, 0) is 10.0 Å². The van der Waals surface area contributed by atoms with Gasteiger partial charge in [-0.2, -0.15) is 4.31 Å². The van der Waals surface area contributed by atoms with Crippen molar-refractivity contribution < 1.29 is 22.2 Å². The zero-order chi connectivity index (χ0) is 18.1. The Morgan fingerprint density at radius 3 is 2.58 bits per heavy atom.